The average molecular weight is 315 g/mol. The molecule has 4 nitrogen and oxygen atoms in total. The minimum absolute atomic E-state index is 0.0634. The standard InChI is InChI=1S/C8H9BrClNO3S/c1-2-15(12,13)14-5-6-3-11-4-7(9)8(6)10/h3-4H,2,5H2,1H3. The highest BCUT2D eigenvalue weighted by Crippen LogP contribution is 2.25. The Morgan fingerprint density at radius 1 is 1.53 bits per heavy atom. The summed E-state index contributed by atoms with van der Waals surface area (Å²) in [5.41, 5.74) is 0.531. The Labute approximate surface area is 102 Å². The molecule has 0 aliphatic rings. The first-order valence-electron chi connectivity index (χ1n) is 4.11. The number of rotatable bonds is 4. The molecule has 15 heavy (non-hydrogen) atoms. The third-order valence-corrected chi connectivity index (χ3v) is 4.12. The molecule has 0 amide bonds. The van der Waals surface area contributed by atoms with E-state index >= 15 is 0 Å². The lowest BCUT2D eigenvalue weighted by Gasteiger charge is -2.05. The topological polar surface area (TPSA) is 56.3 Å². The van der Waals surface area contributed by atoms with Crippen LogP contribution < -0.4 is 0 Å². The molecule has 0 bridgehead atoms. The number of halogens is 2. The van der Waals surface area contributed by atoms with Gasteiger partial charge in [0.25, 0.3) is 10.1 Å². The summed E-state index contributed by atoms with van der Waals surface area (Å²) in [6.45, 7) is 1.41. The normalized spacial score (nSPS) is 11.7. The van der Waals surface area contributed by atoms with E-state index in [1.807, 2.05) is 0 Å². The number of pyridine rings is 1. The van der Waals surface area contributed by atoms with E-state index < -0.39 is 10.1 Å². The van der Waals surface area contributed by atoms with E-state index in [9.17, 15) is 8.42 Å². The Morgan fingerprint density at radius 3 is 2.80 bits per heavy atom. The number of hydrogen-bond acceptors (Lipinski definition) is 4. The van der Waals surface area contributed by atoms with Crippen molar-refractivity contribution in [2.24, 2.45) is 0 Å². The van der Waals surface area contributed by atoms with Gasteiger partial charge in [0.1, 0.15) is 0 Å². The van der Waals surface area contributed by atoms with Crippen LogP contribution in [0.5, 0.6) is 0 Å². The molecule has 0 N–H and O–H groups in total. The molecule has 0 spiro atoms. The highest BCUT2D eigenvalue weighted by Gasteiger charge is 2.11. The fraction of sp³-hybridized carbons (Fsp3) is 0.375. The van der Waals surface area contributed by atoms with E-state index in [0.29, 0.717) is 15.1 Å². The van der Waals surface area contributed by atoms with Crippen molar-refractivity contribution >= 4 is 37.6 Å². The van der Waals surface area contributed by atoms with Gasteiger partial charge in [-0.1, -0.05) is 11.6 Å². The highest BCUT2D eigenvalue weighted by molar-refractivity contribution is 9.10. The second kappa shape index (κ2) is 5.25. The zero-order chi connectivity index (χ0) is 11.5. The summed E-state index contributed by atoms with van der Waals surface area (Å²) < 4.78 is 27.5. The summed E-state index contributed by atoms with van der Waals surface area (Å²) in [7, 11) is -3.45. The van der Waals surface area contributed by atoms with Gasteiger partial charge in [0.2, 0.25) is 0 Å². The molecule has 84 valence electrons. The van der Waals surface area contributed by atoms with Gasteiger partial charge in [-0.05, 0) is 22.9 Å². The maximum absolute atomic E-state index is 11.1. The second-order valence-corrected chi connectivity index (χ2v) is 5.86. The van der Waals surface area contributed by atoms with Crippen LogP contribution in [0.1, 0.15) is 12.5 Å². The summed E-state index contributed by atoms with van der Waals surface area (Å²) in [6, 6.07) is 0. The quantitative estimate of drug-likeness (QED) is 0.801. The first kappa shape index (κ1) is 12.9. The summed E-state index contributed by atoms with van der Waals surface area (Å²) in [6.07, 6.45) is 3.00. The number of nitrogens with zero attached hydrogens (tertiary/aromatic N) is 1. The van der Waals surface area contributed by atoms with Crippen LogP contribution in [-0.2, 0) is 20.9 Å². The lowest BCUT2D eigenvalue weighted by Crippen LogP contribution is -2.08. The summed E-state index contributed by atoms with van der Waals surface area (Å²) in [5, 5.41) is 0.413. The van der Waals surface area contributed by atoms with Crippen LogP contribution >= 0.6 is 27.5 Å². The fourth-order valence-electron chi connectivity index (χ4n) is 0.797. The van der Waals surface area contributed by atoms with Crippen molar-refractivity contribution in [3.8, 4) is 0 Å². The number of hydrogen-bond donors (Lipinski definition) is 0. The molecule has 0 aliphatic carbocycles. The SMILES string of the molecule is CCS(=O)(=O)OCc1cncc(Br)c1Cl. The van der Waals surface area contributed by atoms with Gasteiger partial charge in [-0.2, -0.15) is 8.42 Å². The molecule has 7 heteroatoms. The van der Waals surface area contributed by atoms with E-state index in [2.05, 4.69) is 20.9 Å². The number of aromatic nitrogens is 1. The van der Waals surface area contributed by atoms with Gasteiger partial charge in [0, 0.05) is 18.0 Å². The molecule has 0 aromatic carbocycles. The van der Waals surface area contributed by atoms with Crippen LogP contribution in [0.2, 0.25) is 5.02 Å². The molecule has 0 fully saturated rings. The Morgan fingerprint density at radius 2 is 2.20 bits per heavy atom. The zero-order valence-corrected chi connectivity index (χ0v) is 11.1. The van der Waals surface area contributed by atoms with Crippen molar-refractivity contribution in [1.82, 2.24) is 4.98 Å². The van der Waals surface area contributed by atoms with Crippen LogP contribution in [0.25, 0.3) is 0 Å². The molecule has 0 saturated heterocycles. The van der Waals surface area contributed by atoms with Crippen molar-refractivity contribution in [3.05, 3.63) is 27.5 Å². The van der Waals surface area contributed by atoms with Crippen molar-refractivity contribution in [2.75, 3.05) is 5.75 Å². The van der Waals surface area contributed by atoms with Gasteiger partial charge < -0.3 is 0 Å². The van der Waals surface area contributed by atoms with E-state index in [-0.39, 0.29) is 12.4 Å². The highest BCUT2D eigenvalue weighted by atomic mass is 79.9. The minimum atomic E-state index is -3.45. The van der Waals surface area contributed by atoms with Gasteiger partial charge in [-0.3, -0.25) is 9.17 Å². The molecule has 0 radical (unpaired) electrons. The molecule has 1 heterocycles. The fourth-order valence-corrected chi connectivity index (χ4v) is 1.79. The maximum atomic E-state index is 11.1. The van der Waals surface area contributed by atoms with E-state index in [1.54, 1.807) is 0 Å². The summed E-state index contributed by atoms with van der Waals surface area (Å²) in [4.78, 5) is 3.87. The van der Waals surface area contributed by atoms with Gasteiger partial charge in [0.15, 0.2) is 0 Å². The summed E-state index contributed by atoms with van der Waals surface area (Å²) >= 11 is 9.09. The largest absolute Gasteiger partial charge is 0.267 e. The smallest absolute Gasteiger partial charge is 0.265 e. The van der Waals surface area contributed by atoms with E-state index in [1.165, 1.54) is 19.3 Å². The summed E-state index contributed by atoms with van der Waals surface area (Å²) in [5.74, 6) is -0.0634. The van der Waals surface area contributed by atoms with E-state index in [0.717, 1.165) is 0 Å². The third kappa shape index (κ3) is 3.71. The van der Waals surface area contributed by atoms with Crippen LogP contribution in [-0.4, -0.2) is 19.2 Å². The Bertz CT molecular complexity index is 449. The molecule has 1 aromatic heterocycles. The predicted molar refractivity (Wildman–Crippen MR) is 61.2 cm³/mol. The molecule has 1 aromatic rings. The molecular formula is C8H9BrClNO3S. The lowest BCUT2D eigenvalue weighted by molar-refractivity contribution is 0.308. The van der Waals surface area contributed by atoms with Crippen LogP contribution in [0.15, 0.2) is 16.9 Å². The van der Waals surface area contributed by atoms with Crippen LogP contribution in [0.4, 0.5) is 0 Å². The van der Waals surface area contributed by atoms with Crippen LogP contribution in [0.3, 0.4) is 0 Å². The van der Waals surface area contributed by atoms with Crippen molar-refractivity contribution < 1.29 is 12.6 Å². The monoisotopic (exact) mass is 313 g/mol. The first-order chi connectivity index (χ1) is 6.96. The Balaban J connectivity index is 2.79. The Hall–Kier alpha value is -0.170. The molecule has 0 unspecified atom stereocenters. The minimum Gasteiger partial charge on any atom is -0.265 e. The van der Waals surface area contributed by atoms with Gasteiger partial charge in [0.05, 0.1) is 21.9 Å². The zero-order valence-electron chi connectivity index (χ0n) is 7.91. The molecule has 0 saturated carbocycles. The van der Waals surface area contributed by atoms with E-state index in [4.69, 9.17) is 15.8 Å². The molecule has 0 atom stereocenters. The van der Waals surface area contributed by atoms with Crippen molar-refractivity contribution in [2.45, 2.75) is 13.5 Å². The third-order valence-electron chi connectivity index (χ3n) is 1.66. The second-order valence-electron chi connectivity index (χ2n) is 2.70. The molecule has 0 aliphatic heterocycles. The predicted octanol–water partition coefficient (Wildman–Crippen LogP) is 2.36. The maximum Gasteiger partial charge on any atom is 0.267 e. The van der Waals surface area contributed by atoms with Crippen molar-refractivity contribution in [3.63, 3.8) is 0 Å². The molecular weight excluding hydrogens is 306 g/mol. The van der Waals surface area contributed by atoms with Crippen molar-refractivity contribution in [1.29, 1.82) is 0 Å². The van der Waals surface area contributed by atoms with Gasteiger partial charge in [-0.15, -0.1) is 0 Å². The lowest BCUT2D eigenvalue weighted by atomic mass is 10.3. The average Bonchev–Trinajstić information content (AvgIpc) is 2.20. The van der Waals surface area contributed by atoms with Crippen LogP contribution in [0, 0.1) is 0 Å². The van der Waals surface area contributed by atoms with Gasteiger partial charge >= 0.3 is 0 Å². The molecule has 1 rings (SSSR count). The van der Waals surface area contributed by atoms with Gasteiger partial charge in [-0.25, -0.2) is 0 Å². The first-order valence-corrected chi connectivity index (χ1v) is 6.86. The Kier molecular flexibility index (Phi) is 4.51.